The summed E-state index contributed by atoms with van der Waals surface area (Å²) in [7, 11) is 0. The van der Waals surface area contributed by atoms with Crippen molar-refractivity contribution in [3.63, 3.8) is 0 Å². The highest BCUT2D eigenvalue weighted by molar-refractivity contribution is 5.16. The number of hydrogen-bond acceptors (Lipinski definition) is 2. The van der Waals surface area contributed by atoms with E-state index in [2.05, 4.69) is 51.4 Å². The molecular formula is C15H19N3. The summed E-state index contributed by atoms with van der Waals surface area (Å²) >= 11 is 0. The Balaban J connectivity index is 1.78. The molecule has 0 spiro atoms. The Bertz CT molecular complexity index is 483. The van der Waals surface area contributed by atoms with Crippen LogP contribution in [0, 0.1) is 0 Å². The SMILES string of the molecule is c1ccc(Cn2ccnc2C2CCCCN2)cc1. The van der Waals surface area contributed by atoms with Crippen LogP contribution in [0.2, 0.25) is 0 Å². The minimum absolute atomic E-state index is 0.428. The maximum Gasteiger partial charge on any atom is 0.126 e. The lowest BCUT2D eigenvalue weighted by Gasteiger charge is -2.23. The zero-order valence-corrected chi connectivity index (χ0v) is 10.5. The lowest BCUT2D eigenvalue weighted by Crippen LogP contribution is -2.29. The van der Waals surface area contributed by atoms with Crippen LogP contribution >= 0.6 is 0 Å². The highest BCUT2D eigenvalue weighted by atomic mass is 15.1. The third kappa shape index (κ3) is 2.46. The normalized spacial score (nSPS) is 19.9. The average molecular weight is 241 g/mol. The first-order valence-electron chi connectivity index (χ1n) is 6.72. The van der Waals surface area contributed by atoms with Crippen molar-refractivity contribution in [3.8, 4) is 0 Å². The molecule has 1 aromatic carbocycles. The van der Waals surface area contributed by atoms with E-state index in [4.69, 9.17) is 0 Å². The molecule has 1 N–H and O–H groups in total. The van der Waals surface area contributed by atoms with E-state index in [1.54, 1.807) is 0 Å². The monoisotopic (exact) mass is 241 g/mol. The lowest BCUT2D eigenvalue weighted by molar-refractivity contribution is 0.388. The van der Waals surface area contributed by atoms with Crippen molar-refractivity contribution < 1.29 is 0 Å². The van der Waals surface area contributed by atoms with Crippen LogP contribution in [-0.4, -0.2) is 16.1 Å². The summed E-state index contributed by atoms with van der Waals surface area (Å²) < 4.78 is 2.26. The Hall–Kier alpha value is -1.61. The van der Waals surface area contributed by atoms with Crippen molar-refractivity contribution in [2.75, 3.05) is 6.54 Å². The summed E-state index contributed by atoms with van der Waals surface area (Å²) in [6.07, 6.45) is 7.78. The van der Waals surface area contributed by atoms with Gasteiger partial charge in [-0.15, -0.1) is 0 Å². The van der Waals surface area contributed by atoms with Gasteiger partial charge in [0.25, 0.3) is 0 Å². The van der Waals surface area contributed by atoms with Crippen molar-refractivity contribution in [3.05, 3.63) is 54.1 Å². The number of aromatic nitrogens is 2. The van der Waals surface area contributed by atoms with Crippen LogP contribution in [0.1, 0.15) is 36.7 Å². The molecule has 0 radical (unpaired) electrons. The van der Waals surface area contributed by atoms with Crippen molar-refractivity contribution in [1.82, 2.24) is 14.9 Å². The molecule has 1 atom stereocenters. The van der Waals surface area contributed by atoms with Crippen molar-refractivity contribution in [1.29, 1.82) is 0 Å². The molecule has 1 unspecified atom stereocenters. The van der Waals surface area contributed by atoms with Crippen LogP contribution < -0.4 is 5.32 Å². The zero-order valence-electron chi connectivity index (χ0n) is 10.5. The standard InChI is InChI=1S/C15H19N3/c1-2-6-13(7-3-1)12-18-11-10-17-15(18)14-8-4-5-9-16-14/h1-3,6-7,10-11,14,16H,4-5,8-9,12H2. The fourth-order valence-corrected chi connectivity index (χ4v) is 2.62. The predicted molar refractivity (Wildman–Crippen MR) is 72.4 cm³/mol. The maximum atomic E-state index is 4.54. The van der Waals surface area contributed by atoms with Gasteiger partial charge in [0, 0.05) is 18.9 Å². The van der Waals surface area contributed by atoms with Gasteiger partial charge in [-0.2, -0.15) is 0 Å². The predicted octanol–water partition coefficient (Wildman–Crippen LogP) is 2.75. The van der Waals surface area contributed by atoms with Crippen molar-refractivity contribution in [2.24, 2.45) is 0 Å². The van der Waals surface area contributed by atoms with Crippen molar-refractivity contribution in [2.45, 2.75) is 31.8 Å². The van der Waals surface area contributed by atoms with Crippen LogP contribution in [0.15, 0.2) is 42.7 Å². The van der Waals surface area contributed by atoms with Gasteiger partial charge in [0.2, 0.25) is 0 Å². The third-order valence-corrected chi connectivity index (χ3v) is 3.57. The van der Waals surface area contributed by atoms with Gasteiger partial charge in [0.1, 0.15) is 5.82 Å². The number of piperidine rings is 1. The van der Waals surface area contributed by atoms with Crippen LogP contribution in [0.4, 0.5) is 0 Å². The van der Waals surface area contributed by atoms with Crippen LogP contribution in [0.5, 0.6) is 0 Å². The summed E-state index contributed by atoms with van der Waals surface area (Å²) in [6, 6.07) is 11.0. The number of nitrogens with one attached hydrogen (secondary N) is 1. The third-order valence-electron chi connectivity index (χ3n) is 3.57. The molecule has 1 aliphatic rings. The number of rotatable bonds is 3. The highest BCUT2D eigenvalue weighted by Gasteiger charge is 2.18. The molecule has 1 saturated heterocycles. The fourth-order valence-electron chi connectivity index (χ4n) is 2.62. The van der Waals surface area contributed by atoms with E-state index in [1.165, 1.54) is 30.7 Å². The quantitative estimate of drug-likeness (QED) is 0.895. The minimum Gasteiger partial charge on any atom is -0.329 e. The Morgan fingerprint density at radius 3 is 2.89 bits per heavy atom. The van der Waals surface area contributed by atoms with Gasteiger partial charge < -0.3 is 9.88 Å². The number of imidazole rings is 1. The van der Waals surface area contributed by atoms with Crippen molar-refractivity contribution >= 4 is 0 Å². The highest BCUT2D eigenvalue weighted by Crippen LogP contribution is 2.22. The topological polar surface area (TPSA) is 29.9 Å². The summed E-state index contributed by atoms with van der Waals surface area (Å²) in [6.45, 7) is 2.03. The molecule has 2 aromatic rings. The Morgan fingerprint density at radius 1 is 1.22 bits per heavy atom. The van der Waals surface area contributed by atoms with E-state index in [1.807, 2.05) is 6.20 Å². The molecular weight excluding hydrogens is 222 g/mol. The second-order valence-electron chi connectivity index (χ2n) is 4.90. The van der Waals surface area contributed by atoms with Crippen LogP contribution in [0.3, 0.4) is 0 Å². The Kier molecular flexibility index (Phi) is 3.42. The molecule has 3 heteroatoms. The van der Waals surface area contributed by atoms with Crippen LogP contribution in [0.25, 0.3) is 0 Å². The summed E-state index contributed by atoms with van der Waals surface area (Å²) in [5.41, 5.74) is 1.33. The number of nitrogens with zero attached hydrogens (tertiary/aromatic N) is 2. The zero-order chi connectivity index (χ0) is 12.2. The van der Waals surface area contributed by atoms with Gasteiger partial charge >= 0.3 is 0 Å². The Morgan fingerprint density at radius 2 is 2.11 bits per heavy atom. The van der Waals surface area contributed by atoms with Gasteiger partial charge in [-0.1, -0.05) is 36.8 Å². The largest absolute Gasteiger partial charge is 0.329 e. The van der Waals surface area contributed by atoms with E-state index in [-0.39, 0.29) is 0 Å². The number of hydrogen-bond donors (Lipinski definition) is 1. The van der Waals surface area contributed by atoms with E-state index in [0.717, 1.165) is 13.1 Å². The molecule has 2 heterocycles. The van der Waals surface area contributed by atoms with E-state index < -0.39 is 0 Å². The first-order chi connectivity index (χ1) is 8.93. The van der Waals surface area contributed by atoms with E-state index in [9.17, 15) is 0 Å². The number of benzene rings is 1. The molecule has 3 nitrogen and oxygen atoms in total. The summed E-state index contributed by atoms with van der Waals surface area (Å²) in [5.74, 6) is 1.18. The first-order valence-corrected chi connectivity index (χ1v) is 6.72. The second-order valence-corrected chi connectivity index (χ2v) is 4.90. The minimum atomic E-state index is 0.428. The van der Waals surface area contributed by atoms with Gasteiger partial charge in [0.15, 0.2) is 0 Å². The maximum absolute atomic E-state index is 4.54. The lowest BCUT2D eigenvalue weighted by atomic mass is 10.0. The van der Waals surface area contributed by atoms with Gasteiger partial charge in [0.05, 0.1) is 6.04 Å². The molecule has 1 fully saturated rings. The molecule has 1 aromatic heterocycles. The molecule has 94 valence electrons. The van der Waals surface area contributed by atoms with Gasteiger partial charge in [-0.05, 0) is 24.9 Å². The second kappa shape index (κ2) is 5.36. The molecule has 3 rings (SSSR count). The fraction of sp³-hybridized carbons (Fsp3) is 0.400. The molecule has 0 amide bonds. The van der Waals surface area contributed by atoms with E-state index in [0.29, 0.717) is 6.04 Å². The van der Waals surface area contributed by atoms with Crippen LogP contribution in [-0.2, 0) is 6.54 Å². The Labute approximate surface area is 108 Å². The molecule has 18 heavy (non-hydrogen) atoms. The molecule has 0 aliphatic carbocycles. The van der Waals surface area contributed by atoms with Gasteiger partial charge in [-0.3, -0.25) is 0 Å². The first kappa shape index (κ1) is 11.5. The smallest absolute Gasteiger partial charge is 0.126 e. The molecule has 0 saturated carbocycles. The van der Waals surface area contributed by atoms with Gasteiger partial charge in [-0.25, -0.2) is 4.98 Å². The van der Waals surface area contributed by atoms with E-state index >= 15 is 0 Å². The average Bonchev–Trinajstić information content (AvgIpc) is 2.89. The summed E-state index contributed by atoms with van der Waals surface area (Å²) in [4.78, 5) is 4.54. The molecule has 1 aliphatic heterocycles. The molecule has 0 bridgehead atoms. The summed E-state index contributed by atoms with van der Waals surface area (Å²) in [5, 5.41) is 3.56.